The van der Waals surface area contributed by atoms with Crippen LogP contribution in [0.3, 0.4) is 0 Å². The molecule has 1 aromatic rings. The van der Waals surface area contributed by atoms with Crippen LogP contribution in [0, 0.1) is 6.92 Å². The quantitative estimate of drug-likeness (QED) is 0.205. The second-order valence-corrected chi connectivity index (χ2v) is 10.8. The van der Waals surface area contributed by atoms with Crippen molar-refractivity contribution < 1.29 is 23.6 Å². The van der Waals surface area contributed by atoms with E-state index in [0.717, 1.165) is 57.2 Å². The second kappa shape index (κ2) is 15.0. The Morgan fingerprint density at radius 1 is 1.11 bits per heavy atom. The van der Waals surface area contributed by atoms with Gasteiger partial charge in [0.05, 0.1) is 32.1 Å². The van der Waals surface area contributed by atoms with E-state index < -0.39 is 0 Å². The molecule has 200 valence electrons. The molecule has 1 aliphatic rings. The molecule has 1 aromatic heterocycles. The lowest BCUT2D eigenvalue weighted by Crippen LogP contribution is -2.55. The third-order valence-corrected chi connectivity index (χ3v) is 7.66. The highest BCUT2D eigenvalue weighted by Gasteiger charge is 2.34. The van der Waals surface area contributed by atoms with E-state index in [1.807, 2.05) is 17.2 Å². The molecule has 1 aliphatic heterocycles. The lowest BCUT2D eigenvalue weighted by atomic mass is 10.1. The molecule has 2 heterocycles. The second-order valence-electron chi connectivity index (χ2n) is 9.89. The Balaban J connectivity index is 2.18. The highest BCUT2D eigenvalue weighted by atomic mass is 32.1. The van der Waals surface area contributed by atoms with Crippen molar-refractivity contribution in [1.29, 1.82) is 0 Å². The molecule has 0 atom stereocenters. The molecule has 0 unspecified atom stereocenters. The van der Waals surface area contributed by atoms with E-state index in [2.05, 4.69) is 25.7 Å². The van der Waals surface area contributed by atoms with Gasteiger partial charge in [0.1, 0.15) is 11.4 Å². The number of nitrogens with zero attached hydrogens (tertiary/aromatic N) is 2. The molecule has 8 heteroatoms. The molecule has 0 bridgehead atoms. The zero-order valence-corrected chi connectivity index (χ0v) is 23.4. The topological polar surface area (TPSA) is 75.7 Å². The molecule has 2 amide bonds. The first kappa shape index (κ1) is 29.8. The van der Waals surface area contributed by atoms with Gasteiger partial charge in [0.15, 0.2) is 12.3 Å². The summed E-state index contributed by atoms with van der Waals surface area (Å²) in [5.74, 6) is -0.0905. The number of rotatable bonds is 14. The Kier molecular flexibility index (Phi) is 12.4. The minimum Gasteiger partial charge on any atom is -0.504 e. The van der Waals surface area contributed by atoms with Crippen molar-refractivity contribution in [3.05, 3.63) is 40.3 Å². The highest BCUT2D eigenvalue weighted by Crippen LogP contribution is 2.30. The fourth-order valence-corrected chi connectivity index (χ4v) is 5.85. The lowest BCUT2D eigenvalue weighted by Gasteiger charge is -2.36. The van der Waals surface area contributed by atoms with Crippen molar-refractivity contribution in [2.45, 2.75) is 65.7 Å². The maximum Gasteiger partial charge on any atom is 0.279 e. The third-order valence-electron chi connectivity index (χ3n) is 6.58. The van der Waals surface area contributed by atoms with Crippen LogP contribution in [-0.4, -0.2) is 73.4 Å². The lowest BCUT2D eigenvalue weighted by molar-refractivity contribution is -0.912. The van der Waals surface area contributed by atoms with E-state index in [9.17, 15) is 14.4 Å². The van der Waals surface area contributed by atoms with Gasteiger partial charge in [-0.3, -0.25) is 14.4 Å². The molecule has 0 aromatic carbocycles. The fraction of sp³-hybridized carbons (Fsp3) is 0.607. The number of ether oxygens (including phenoxy) is 1. The van der Waals surface area contributed by atoms with Gasteiger partial charge >= 0.3 is 0 Å². The Morgan fingerprint density at radius 3 is 2.33 bits per heavy atom. The molecule has 2 rings (SSSR count). The van der Waals surface area contributed by atoms with Gasteiger partial charge in [0.25, 0.3) is 11.8 Å². The van der Waals surface area contributed by atoms with Crippen LogP contribution >= 0.6 is 11.3 Å². The minimum atomic E-state index is -0.143. The summed E-state index contributed by atoms with van der Waals surface area (Å²) in [7, 11) is 1.56. The summed E-state index contributed by atoms with van der Waals surface area (Å²) in [4.78, 5) is 42.1. The number of thiophene rings is 1. The van der Waals surface area contributed by atoms with Gasteiger partial charge in [0.2, 0.25) is 0 Å². The van der Waals surface area contributed by atoms with Gasteiger partial charge in [-0.25, -0.2) is 0 Å². The number of hydrogen-bond donors (Lipinski definition) is 1. The van der Waals surface area contributed by atoms with Crippen molar-refractivity contribution in [2.24, 2.45) is 0 Å². The molecular weight excluding hydrogens is 474 g/mol. The van der Waals surface area contributed by atoms with Crippen LogP contribution in [0.25, 0.3) is 0 Å². The van der Waals surface area contributed by atoms with Gasteiger partial charge in [-0.05, 0) is 68.0 Å². The van der Waals surface area contributed by atoms with E-state index in [4.69, 9.17) is 4.74 Å². The molecule has 0 saturated carbocycles. The third kappa shape index (κ3) is 8.89. The number of likely N-dealkylation sites (tertiary alicyclic amines) is 1. The standard InChI is InChI=1S/C28H43N3O4S/c1-6-13-30(14-7-2)28(34)27-26(23(4)21-36-27)29-25(33)20-31(15-10-8-9-11-16-31)19-24(32)18-22(3)12-17-35-5/h12,17,21H,3,6-11,13-16,18-20H2,1-2,4-5H3/p+1/b17-12-. The average molecular weight is 519 g/mol. The molecular formula is C28H44N3O4S+. The Hall–Kier alpha value is -2.45. The van der Waals surface area contributed by atoms with Crippen LogP contribution in [0.4, 0.5) is 5.69 Å². The van der Waals surface area contributed by atoms with Crippen molar-refractivity contribution in [1.82, 2.24) is 4.90 Å². The predicted molar refractivity (Wildman–Crippen MR) is 147 cm³/mol. The van der Waals surface area contributed by atoms with Gasteiger partial charge < -0.3 is 19.4 Å². The summed E-state index contributed by atoms with van der Waals surface area (Å²) in [6, 6.07) is 0. The minimum absolute atomic E-state index is 0.0245. The van der Waals surface area contributed by atoms with Crippen LogP contribution in [0.5, 0.6) is 0 Å². The van der Waals surface area contributed by atoms with Gasteiger partial charge in [-0.15, -0.1) is 11.3 Å². The first-order chi connectivity index (χ1) is 17.2. The summed E-state index contributed by atoms with van der Waals surface area (Å²) >= 11 is 1.39. The van der Waals surface area contributed by atoms with Gasteiger partial charge in [-0.1, -0.05) is 20.4 Å². The number of amides is 2. The maximum atomic E-state index is 13.4. The van der Waals surface area contributed by atoms with Crippen molar-refractivity contribution in [2.75, 3.05) is 51.7 Å². The van der Waals surface area contributed by atoms with Crippen molar-refractivity contribution in [3.63, 3.8) is 0 Å². The first-order valence-electron chi connectivity index (χ1n) is 13.2. The van der Waals surface area contributed by atoms with E-state index in [1.54, 1.807) is 13.2 Å². The van der Waals surface area contributed by atoms with Crippen molar-refractivity contribution in [3.8, 4) is 0 Å². The number of Topliss-reactive ketones (excluding diaryl/α,β-unsaturated/α-hetero) is 1. The SMILES string of the molecule is C=C(/C=C\OC)CC(=O)C[N+]1(CC(=O)Nc2c(C)csc2C(=O)N(CCC)CCC)CCCCCC1. The summed E-state index contributed by atoms with van der Waals surface area (Å²) in [6.07, 6.45) is 9.47. The number of methoxy groups -OCH3 is 1. The molecule has 36 heavy (non-hydrogen) atoms. The summed E-state index contributed by atoms with van der Waals surface area (Å²) in [5, 5.41) is 4.99. The molecule has 1 N–H and O–H groups in total. The number of anilines is 1. The maximum absolute atomic E-state index is 13.4. The van der Waals surface area contributed by atoms with E-state index >= 15 is 0 Å². The molecule has 0 radical (unpaired) electrons. The largest absolute Gasteiger partial charge is 0.504 e. The Labute approximate surface area is 220 Å². The van der Waals surface area contributed by atoms with Crippen LogP contribution in [-0.2, 0) is 14.3 Å². The monoisotopic (exact) mass is 518 g/mol. The Morgan fingerprint density at radius 2 is 1.75 bits per heavy atom. The number of ketones is 1. The van der Waals surface area contributed by atoms with Crippen molar-refractivity contribution >= 4 is 34.6 Å². The molecule has 0 spiro atoms. The smallest absolute Gasteiger partial charge is 0.279 e. The molecule has 7 nitrogen and oxygen atoms in total. The van der Waals surface area contributed by atoms with E-state index in [0.29, 0.717) is 40.3 Å². The number of carbonyl (C=O) groups excluding carboxylic acids is 3. The van der Waals surface area contributed by atoms with Crippen LogP contribution in [0.15, 0.2) is 29.9 Å². The number of allylic oxidation sites excluding steroid dienone is 2. The van der Waals surface area contributed by atoms with Crippen LogP contribution in [0.1, 0.15) is 74.0 Å². The molecule has 1 fully saturated rings. The zero-order valence-electron chi connectivity index (χ0n) is 22.6. The number of carbonyl (C=O) groups is 3. The van der Waals surface area contributed by atoms with Crippen LogP contribution < -0.4 is 5.32 Å². The molecule has 0 aliphatic carbocycles. The number of hydrogen-bond acceptors (Lipinski definition) is 5. The van der Waals surface area contributed by atoms with Crippen LogP contribution in [0.2, 0.25) is 0 Å². The fourth-order valence-electron chi connectivity index (χ4n) is 4.88. The number of aryl methyl sites for hydroxylation is 1. The average Bonchev–Trinajstić information content (AvgIpc) is 3.03. The normalized spacial score (nSPS) is 15.3. The summed E-state index contributed by atoms with van der Waals surface area (Å²) < 4.78 is 5.38. The van der Waals surface area contributed by atoms with Gasteiger partial charge in [-0.2, -0.15) is 0 Å². The molecule has 1 saturated heterocycles. The van der Waals surface area contributed by atoms with E-state index in [1.165, 1.54) is 17.6 Å². The van der Waals surface area contributed by atoms with Gasteiger partial charge in [0, 0.05) is 19.5 Å². The Bertz CT molecular complexity index is 923. The van der Waals surface area contributed by atoms with E-state index in [-0.39, 0.29) is 30.6 Å². The summed E-state index contributed by atoms with van der Waals surface area (Å²) in [6.45, 7) is 13.5. The summed E-state index contributed by atoms with van der Waals surface area (Å²) in [5.41, 5.74) is 2.20. The number of nitrogens with one attached hydrogen (secondary N) is 1. The zero-order chi connectivity index (χ0) is 26.6. The highest BCUT2D eigenvalue weighted by molar-refractivity contribution is 7.13. The number of quaternary nitrogens is 1. The first-order valence-corrected chi connectivity index (χ1v) is 14.0. The predicted octanol–water partition coefficient (Wildman–Crippen LogP) is 5.32.